The van der Waals surface area contributed by atoms with Crippen LogP contribution in [0.25, 0.3) is 0 Å². The highest BCUT2D eigenvalue weighted by atomic mass is 16.5. The van der Waals surface area contributed by atoms with Gasteiger partial charge in [0, 0.05) is 19.6 Å². The number of hydrogen-bond donors (Lipinski definition) is 2. The molecule has 1 aliphatic rings. The molecule has 6 nitrogen and oxygen atoms in total. The van der Waals surface area contributed by atoms with Crippen molar-refractivity contribution < 1.29 is 24.1 Å². The third kappa shape index (κ3) is 3.11. The van der Waals surface area contributed by atoms with E-state index >= 15 is 0 Å². The molecule has 21 heavy (non-hydrogen) atoms. The topological polar surface area (TPSA) is 77.0 Å². The molecule has 1 aliphatic heterocycles. The fraction of sp³-hybridized carbons (Fsp3) is 0.533. The highest BCUT2D eigenvalue weighted by molar-refractivity contribution is 5.97. The molecule has 1 saturated heterocycles. The smallest absolute Gasteiger partial charge is 0.255 e. The van der Waals surface area contributed by atoms with Crippen LogP contribution in [0.1, 0.15) is 23.7 Å². The van der Waals surface area contributed by atoms with Crippen molar-refractivity contribution >= 4 is 5.91 Å². The highest BCUT2D eigenvalue weighted by Gasteiger charge is 2.39. The molecule has 2 atom stereocenters. The molecule has 1 amide bonds. The molecular weight excluding hydrogens is 274 g/mol. The molecule has 0 spiro atoms. The second kappa shape index (κ2) is 6.32. The van der Waals surface area contributed by atoms with E-state index in [1.165, 1.54) is 14.2 Å². The molecule has 0 bridgehead atoms. The van der Waals surface area contributed by atoms with E-state index in [1.54, 1.807) is 25.1 Å². The molecule has 1 aromatic carbocycles. The number of amides is 1. The summed E-state index contributed by atoms with van der Waals surface area (Å²) in [6.45, 7) is 2.43. The van der Waals surface area contributed by atoms with Crippen molar-refractivity contribution in [2.24, 2.45) is 0 Å². The highest BCUT2D eigenvalue weighted by Crippen LogP contribution is 2.31. The van der Waals surface area contributed by atoms with Crippen LogP contribution < -0.4 is 14.8 Å². The molecule has 0 aliphatic carbocycles. The normalized spacial score (nSPS) is 24.7. The van der Waals surface area contributed by atoms with Gasteiger partial charge >= 0.3 is 0 Å². The molecule has 0 radical (unpaired) electrons. The van der Waals surface area contributed by atoms with Crippen molar-refractivity contribution in [2.75, 3.05) is 27.4 Å². The largest absolute Gasteiger partial charge is 0.493 e. The minimum Gasteiger partial charge on any atom is -0.493 e. The first-order valence-electron chi connectivity index (χ1n) is 6.85. The first-order valence-corrected chi connectivity index (χ1v) is 6.85. The Bertz CT molecular complexity index is 519. The minimum atomic E-state index is -1.03. The van der Waals surface area contributed by atoms with Crippen molar-refractivity contribution in [3.05, 3.63) is 23.8 Å². The molecule has 1 heterocycles. The monoisotopic (exact) mass is 295 g/mol. The van der Waals surface area contributed by atoms with Gasteiger partial charge in [0.2, 0.25) is 0 Å². The van der Waals surface area contributed by atoms with Gasteiger partial charge < -0.3 is 24.6 Å². The number of ether oxygens (including phenoxy) is 3. The van der Waals surface area contributed by atoms with E-state index in [-0.39, 0.29) is 18.6 Å². The van der Waals surface area contributed by atoms with Crippen LogP contribution in [-0.4, -0.2) is 50.1 Å². The molecule has 0 aromatic heterocycles. The lowest BCUT2D eigenvalue weighted by molar-refractivity contribution is -0.0251. The lowest BCUT2D eigenvalue weighted by Crippen LogP contribution is -2.47. The van der Waals surface area contributed by atoms with E-state index in [2.05, 4.69) is 5.32 Å². The Morgan fingerprint density at radius 2 is 2.24 bits per heavy atom. The van der Waals surface area contributed by atoms with E-state index in [0.717, 1.165) is 0 Å². The van der Waals surface area contributed by atoms with Gasteiger partial charge in [0.05, 0.1) is 25.9 Å². The standard InChI is InChI=1S/C15H21NO5/c1-10-15(18,7-8-21-10)9-16-14(17)11-5-4-6-12(19-2)13(11)20-3/h4-6,10,18H,7-9H2,1-3H3,(H,16,17). The Hall–Kier alpha value is -1.79. The fourth-order valence-corrected chi connectivity index (χ4v) is 2.40. The maximum atomic E-state index is 12.3. The summed E-state index contributed by atoms with van der Waals surface area (Å²) < 4.78 is 15.7. The molecule has 116 valence electrons. The van der Waals surface area contributed by atoms with Crippen LogP contribution in [0.3, 0.4) is 0 Å². The van der Waals surface area contributed by atoms with Gasteiger partial charge in [-0.15, -0.1) is 0 Å². The number of benzene rings is 1. The number of aliphatic hydroxyl groups is 1. The average molecular weight is 295 g/mol. The van der Waals surface area contributed by atoms with Crippen LogP contribution in [-0.2, 0) is 4.74 Å². The number of carbonyl (C=O) groups excluding carboxylic acids is 1. The predicted molar refractivity (Wildman–Crippen MR) is 76.9 cm³/mol. The van der Waals surface area contributed by atoms with Crippen LogP contribution in [0, 0.1) is 0 Å². The number of hydrogen-bond acceptors (Lipinski definition) is 5. The van der Waals surface area contributed by atoms with E-state index in [0.29, 0.717) is 30.1 Å². The van der Waals surface area contributed by atoms with Crippen LogP contribution in [0.2, 0.25) is 0 Å². The summed E-state index contributed by atoms with van der Waals surface area (Å²) in [7, 11) is 2.99. The van der Waals surface area contributed by atoms with Crippen molar-refractivity contribution in [1.29, 1.82) is 0 Å². The van der Waals surface area contributed by atoms with Crippen molar-refractivity contribution in [2.45, 2.75) is 25.0 Å². The molecular formula is C15H21NO5. The summed E-state index contributed by atoms with van der Waals surface area (Å²) in [5.41, 5.74) is -0.658. The number of methoxy groups -OCH3 is 2. The Morgan fingerprint density at radius 1 is 1.48 bits per heavy atom. The first-order chi connectivity index (χ1) is 10.0. The van der Waals surface area contributed by atoms with E-state index in [9.17, 15) is 9.90 Å². The van der Waals surface area contributed by atoms with Gasteiger partial charge in [-0.3, -0.25) is 4.79 Å². The second-order valence-electron chi connectivity index (χ2n) is 5.09. The molecule has 6 heteroatoms. The molecule has 2 rings (SSSR count). The predicted octanol–water partition coefficient (Wildman–Crippen LogP) is 0.973. The van der Waals surface area contributed by atoms with Gasteiger partial charge in [0.15, 0.2) is 11.5 Å². The first kappa shape index (κ1) is 15.6. The van der Waals surface area contributed by atoms with Crippen LogP contribution >= 0.6 is 0 Å². The number of para-hydroxylation sites is 1. The van der Waals surface area contributed by atoms with Gasteiger partial charge in [0.1, 0.15) is 5.60 Å². The minimum absolute atomic E-state index is 0.132. The van der Waals surface area contributed by atoms with Crippen molar-refractivity contribution in [1.82, 2.24) is 5.32 Å². The summed E-state index contributed by atoms with van der Waals surface area (Å²) in [4.78, 5) is 12.3. The molecule has 0 saturated carbocycles. The Kier molecular flexibility index (Phi) is 4.69. The molecule has 1 fully saturated rings. The van der Waals surface area contributed by atoms with Gasteiger partial charge in [-0.25, -0.2) is 0 Å². The summed E-state index contributed by atoms with van der Waals surface area (Å²) in [5.74, 6) is 0.542. The number of nitrogens with one attached hydrogen (secondary N) is 1. The zero-order chi connectivity index (χ0) is 15.5. The van der Waals surface area contributed by atoms with Crippen molar-refractivity contribution in [3.63, 3.8) is 0 Å². The molecule has 2 unspecified atom stereocenters. The third-order valence-electron chi connectivity index (χ3n) is 3.86. The van der Waals surface area contributed by atoms with Gasteiger partial charge in [-0.2, -0.15) is 0 Å². The third-order valence-corrected chi connectivity index (χ3v) is 3.86. The second-order valence-corrected chi connectivity index (χ2v) is 5.09. The van der Waals surface area contributed by atoms with Crippen LogP contribution in [0.15, 0.2) is 18.2 Å². The quantitative estimate of drug-likeness (QED) is 0.846. The fourth-order valence-electron chi connectivity index (χ4n) is 2.40. The maximum absolute atomic E-state index is 12.3. The summed E-state index contributed by atoms with van der Waals surface area (Å²) in [6.07, 6.45) is 0.203. The average Bonchev–Trinajstić information content (AvgIpc) is 2.83. The Balaban J connectivity index is 2.10. The Labute approximate surface area is 124 Å². The molecule has 2 N–H and O–H groups in total. The van der Waals surface area contributed by atoms with E-state index in [4.69, 9.17) is 14.2 Å². The maximum Gasteiger partial charge on any atom is 0.255 e. The Morgan fingerprint density at radius 3 is 2.81 bits per heavy atom. The van der Waals surface area contributed by atoms with Crippen LogP contribution in [0.5, 0.6) is 11.5 Å². The summed E-state index contributed by atoms with van der Waals surface area (Å²) >= 11 is 0. The lowest BCUT2D eigenvalue weighted by atomic mass is 9.96. The zero-order valence-corrected chi connectivity index (χ0v) is 12.5. The van der Waals surface area contributed by atoms with Crippen LogP contribution in [0.4, 0.5) is 0 Å². The zero-order valence-electron chi connectivity index (χ0n) is 12.5. The lowest BCUT2D eigenvalue weighted by Gasteiger charge is -2.26. The number of carbonyl (C=O) groups is 1. The number of rotatable bonds is 5. The van der Waals surface area contributed by atoms with Gasteiger partial charge in [-0.05, 0) is 19.1 Å². The SMILES string of the molecule is COc1cccc(C(=O)NCC2(O)CCOC2C)c1OC. The van der Waals surface area contributed by atoms with Gasteiger partial charge in [-0.1, -0.05) is 6.07 Å². The summed E-state index contributed by atoms with van der Waals surface area (Å²) in [5, 5.41) is 13.1. The van der Waals surface area contributed by atoms with Gasteiger partial charge in [0.25, 0.3) is 5.91 Å². The van der Waals surface area contributed by atoms with E-state index < -0.39 is 5.60 Å². The molecule has 1 aromatic rings. The van der Waals surface area contributed by atoms with Crippen molar-refractivity contribution in [3.8, 4) is 11.5 Å². The summed E-state index contributed by atoms with van der Waals surface area (Å²) in [6, 6.07) is 5.08. The van der Waals surface area contributed by atoms with E-state index in [1.807, 2.05) is 0 Å².